The maximum Gasteiger partial charge on any atom is 0.338 e. The van der Waals surface area contributed by atoms with Gasteiger partial charge in [0.15, 0.2) is 0 Å². The number of benzene rings is 2. The summed E-state index contributed by atoms with van der Waals surface area (Å²) < 4.78 is 6.04. The largest absolute Gasteiger partial charge is 0.458 e. The highest BCUT2D eigenvalue weighted by Crippen LogP contribution is 2.36. The van der Waals surface area contributed by atoms with Crippen LogP contribution in [0.1, 0.15) is 73.3 Å². The van der Waals surface area contributed by atoms with Crippen molar-refractivity contribution < 1.29 is 9.53 Å². The molecular formula is C28H34N2O2. The van der Waals surface area contributed by atoms with E-state index in [-0.39, 0.29) is 18.1 Å². The van der Waals surface area contributed by atoms with Gasteiger partial charge in [-0.3, -0.25) is 0 Å². The van der Waals surface area contributed by atoms with Crippen LogP contribution in [0.3, 0.4) is 0 Å². The van der Waals surface area contributed by atoms with Crippen LogP contribution in [0.15, 0.2) is 48.5 Å². The minimum Gasteiger partial charge on any atom is -0.458 e. The topological polar surface area (TPSA) is 54.1 Å². The molecule has 2 heterocycles. The fraction of sp³-hybridized carbons (Fsp3) is 0.464. The fourth-order valence-electron chi connectivity index (χ4n) is 5.73. The lowest BCUT2D eigenvalue weighted by atomic mass is 9.75. The molecule has 0 bridgehead atoms. The molecule has 1 aliphatic heterocycles. The summed E-state index contributed by atoms with van der Waals surface area (Å²) in [5.74, 6) is 1.42. The fourth-order valence-corrected chi connectivity index (χ4v) is 5.73. The van der Waals surface area contributed by atoms with E-state index in [9.17, 15) is 4.79 Å². The van der Waals surface area contributed by atoms with Crippen molar-refractivity contribution in [2.24, 2.45) is 17.8 Å². The minimum absolute atomic E-state index is 0.0276. The molecule has 0 amide bonds. The second-order valence-corrected chi connectivity index (χ2v) is 10.1. The molecule has 168 valence electrons. The first-order valence-corrected chi connectivity index (χ1v) is 12.1. The smallest absolute Gasteiger partial charge is 0.338 e. The molecule has 1 saturated carbocycles. The summed E-state index contributed by atoms with van der Waals surface area (Å²) in [5, 5.41) is 4.96. The molecule has 0 saturated heterocycles. The average Bonchev–Trinajstić information content (AvgIpc) is 3.18. The first-order chi connectivity index (χ1) is 15.5. The predicted octanol–water partition coefficient (Wildman–Crippen LogP) is 6.02. The van der Waals surface area contributed by atoms with Crippen molar-refractivity contribution in [3.8, 4) is 0 Å². The summed E-state index contributed by atoms with van der Waals surface area (Å²) in [6, 6.07) is 16.6. The Morgan fingerprint density at radius 3 is 2.62 bits per heavy atom. The first-order valence-electron chi connectivity index (χ1n) is 12.1. The van der Waals surface area contributed by atoms with Gasteiger partial charge in [-0.25, -0.2) is 4.79 Å². The number of fused-ring (bicyclic) bond motifs is 3. The second-order valence-electron chi connectivity index (χ2n) is 10.1. The Balaban J connectivity index is 1.34. The van der Waals surface area contributed by atoms with Gasteiger partial charge in [-0.15, -0.1) is 0 Å². The van der Waals surface area contributed by atoms with E-state index in [1.54, 1.807) is 0 Å². The van der Waals surface area contributed by atoms with Crippen LogP contribution in [0.2, 0.25) is 0 Å². The molecule has 0 spiro atoms. The van der Waals surface area contributed by atoms with Crippen LogP contribution < -0.4 is 5.32 Å². The molecular weight excluding hydrogens is 396 g/mol. The Bertz CT molecular complexity index is 1100. The van der Waals surface area contributed by atoms with Crippen molar-refractivity contribution in [3.05, 3.63) is 70.9 Å². The van der Waals surface area contributed by atoms with Gasteiger partial charge in [-0.1, -0.05) is 57.5 Å². The lowest BCUT2D eigenvalue weighted by molar-refractivity contribution is -0.0174. The van der Waals surface area contributed by atoms with Gasteiger partial charge in [-0.05, 0) is 66.3 Å². The lowest BCUT2D eigenvalue weighted by Crippen LogP contribution is -2.35. The van der Waals surface area contributed by atoms with Crippen LogP contribution in [-0.2, 0) is 11.2 Å². The SMILES string of the molecule is CC(C)[C@H]1CC[C@H](C)C[C@@H]1OC(=O)c1ccc(C2NCCc3c2[nH]c2ccccc32)cc1. The molecule has 3 aromatic rings. The maximum atomic E-state index is 12.9. The normalized spacial score (nSPS) is 25.6. The number of esters is 1. The molecule has 2 aromatic carbocycles. The second kappa shape index (κ2) is 8.74. The Morgan fingerprint density at radius 2 is 1.84 bits per heavy atom. The van der Waals surface area contributed by atoms with Gasteiger partial charge >= 0.3 is 5.97 Å². The van der Waals surface area contributed by atoms with Crippen LogP contribution in [0.4, 0.5) is 0 Å². The van der Waals surface area contributed by atoms with Gasteiger partial charge in [-0.2, -0.15) is 0 Å². The molecule has 1 aromatic heterocycles. The van der Waals surface area contributed by atoms with Gasteiger partial charge in [0.25, 0.3) is 0 Å². The van der Waals surface area contributed by atoms with Gasteiger partial charge in [0.1, 0.15) is 6.10 Å². The van der Waals surface area contributed by atoms with Crippen molar-refractivity contribution in [2.45, 2.75) is 58.6 Å². The van der Waals surface area contributed by atoms with Crippen LogP contribution in [0, 0.1) is 17.8 Å². The van der Waals surface area contributed by atoms with Crippen molar-refractivity contribution >= 4 is 16.9 Å². The van der Waals surface area contributed by atoms with Crippen molar-refractivity contribution in [2.75, 3.05) is 6.54 Å². The lowest BCUT2D eigenvalue weighted by Gasteiger charge is -2.36. The molecule has 2 aliphatic rings. The van der Waals surface area contributed by atoms with E-state index < -0.39 is 0 Å². The third-order valence-electron chi connectivity index (χ3n) is 7.56. The summed E-state index contributed by atoms with van der Waals surface area (Å²) in [6.07, 6.45) is 4.41. The molecule has 0 radical (unpaired) electrons. The number of hydrogen-bond acceptors (Lipinski definition) is 3. The molecule has 1 fully saturated rings. The Morgan fingerprint density at radius 1 is 1.06 bits per heavy atom. The monoisotopic (exact) mass is 430 g/mol. The summed E-state index contributed by atoms with van der Waals surface area (Å²) in [5.41, 5.74) is 5.64. The zero-order chi connectivity index (χ0) is 22.2. The number of H-pyrrole nitrogens is 1. The van der Waals surface area contributed by atoms with Crippen LogP contribution in [-0.4, -0.2) is 23.6 Å². The summed E-state index contributed by atoms with van der Waals surface area (Å²) >= 11 is 0. The highest BCUT2D eigenvalue weighted by molar-refractivity contribution is 5.89. The van der Waals surface area contributed by atoms with E-state index in [2.05, 4.69) is 67.5 Å². The molecule has 4 heteroatoms. The number of aromatic amines is 1. The number of ether oxygens (including phenoxy) is 1. The Labute approximate surface area is 190 Å². The van der Waals surface area contributed by atoms with Gasteiger partial charge in [0.05, 0.1) is 11.6 Å². The van der Waals surface area contributed by atoms with Crippen LogP contribution >= 0.6 is 0 Å². The van der Waals surface area contributed by atoms with E-state index in [4.69, 9.17) is 4.74 Å². The number of rotatable bonds is 4. The van der Waals surface area contributed by atoms with Gasteiger partial charge in [0.2, 0.25) is 0 Å². The van der Waals surface area contributed by atoms with Crippen molar-refractivity contribution in [1.82, 2.24) is 10.3 Å². The highest BCUT2D eigenvalue weighted by Gasteiger charge is 2.33. The Kier molecular flexibility index (Phi) is 5.81. The van der Waals surface area contributed by atoms with Crippen molar-refractivity contribution in [3.63, 3.8) is 0 Å². The van der Waals surface area contributed by atoms with E-state index >= 15 is 0 Å². The zero-order valence-electron chi connectivity index (χ0n) is 19.4. The maximum absolute atomic E-state index is 12.9. The standard InChI is InChI=1S/C28H34N2O2/c1-17(2)21-13-8-18(3)16-25(21)32-28(31)20-11-9-19(10-12-20)26-27-23(14-15-29-26)22-6-4-5-7-24(22)30-27/h4-7,9-12,17-18,21,25-26,29-30H,8,13-16H2,1-3H3/t18-,21+,25-,26?/m0/s1. The Hall–Kier alpha value is -2.59. The minimum atomic E-state index is -0.191. The van der Waals surface area contributed by atoms with E-state index in [0.717, 1.165) is 25.8 Å². The molecule has 1 aliphatic carbocycles. The van der Waals surface area contributed by atoms with Crippen LogP contribution in [0.25, 0.3) is 10.9 Å². The average molecular weight is 431 g/mol. The number of para-hydroxylation sites is 1. The quantitative estimate of drug-likeness (QED) is 0.498. The van der Waals surface area contributed by atoms with E-state index in [1.165, 1.54) is 34.1 Å². The van der Waals surface area contributed by atoms with Crippen molar-refractivity contribution in [1.29, 1.82) is 0 Å². The summed E-state index contributed by atoms with van der Waals surface area (Å²) in [4.78, 5) is 16.6. The number of nitrogens with one attached hydrogen (secondary N) is 2. The number of carbonyl (C=O) groups excluding carboxylic acids is 1. The molecule has 5 rings (SSSR count). The first kappa shape index (κ1) is 21.3. The molecule has 32 heavy (non-hydrogen) atoms. The van der Waals surface area contributed by atoms with Gasteiger partial charge in [0, 0.05) is 23.1 Å². The van der Waals surface area contributed by atoms with E-state index in [0.29, 0.717) is 23.3 Å². The zero-order valence-corrected chi connectivity index (χ0v) is 19.4. The molecule has 4 nitrogen and oxygen atoms in total. The predicted molar refractivity (Wildman–Crippen MR) is 129 cm³/mol. The molecule has 4 atom stereocenters. The van der Waals surface area contributed by atoms with Crippen LogP contribution in [0.5, 0.6) is 0 Å². The van der Waals surface area contributed by atoms with Gasteiger partial charge < -0.3 is 15.0 Å². The molecule has 1 unspecified atom stereocenters. The summed E-state index contributed by atoms with van der Waals surface area (Å²) in [7, 11) is 0. The molecule has 2 N–H and O–H groups in total. The third kappa shape index (κ3) is 3.97. The summed E-state index contributed by atoms with van der Waals surface area (Å²) in [6.45, 7) is 7.69. The van der Waals surface area contributed by atoms with E-state index in [1.807, 2.05) is 12.1 Å². The number of hydrogen-bond donors (Lipinski definition) is 2. The number of aromatic nitrogens is 1. The number of carbonyl (C=O) groups is 1. The highest BCUT2D eigenvalue weighted by atomic mass is 16.5. The third-order valence-corrected chi connectivity index (χ3v) is 7.56.